The zero-order valence-corrected chi connectivity index (χ0v) is 75.4. The number of rotatable bonds is 6. The van der Waals surface area contributed by atoms with Gasteiger partial charge in [0.05, 0.1) is 30.5 Å². The fourth-order valence-electron chi connectivity index (χ4n) is 30.7. The third-order valence-electron chi connectivity index (χ3n) is 38.1. The summed E-state index contributed by atoms with van der Waals surface area (Å²) in [6, 6.07) is 0. The van der Waals surface area contributed by atoms with E-state index in [9.17, 15) is 38.4 Å². The first-order chi connectivity index (χ1) is 65.0. The number of allylic oxidation sites excluding steroid dienone is 12. The van der Waals surface area contributed by atoms with Gasteiger partial charge in [-0.05, 0) is 249 Å². The maximum Gasteiger partial charge on any atom is 0.341 e. The molecule has 18 heteroatoms. The Kier molecular flexibility index (Phi) is 16.9. The predicted molar refractivity (Wildman–Crippen MR) is 477 cm³/mol. The van der Waals surface area contributed by atoms with Crippen LogP contribution in [0.4, 0.5) is 0 Å². The zero-order valence-electron chi connectivity index (χ0n) is 96.6. The molecule has 9 saturated carbocycles. The summed E-state index contributed by atoms with van der Waals surface area (Å²) in [7, 11) is 0. The minimum atomic E-state index is -0.772. The molecule has 0 radical (unpaired) electrons. The fourth-order valence-corrected chi connectivity index (χ4v) is 31.1. The van der Waals surface area contributed by atoms with Crippen LogP contribution in [0, 0.1) is 165 Å². The van der Waals surface area contributed by atoms with Crippen LogP contribution >= 0.6 is 11.6 Å². The molecule has 21 atom stereocenters. The highest BCUT2D eigenvalue weighted by atomic mass is 35.5. The fraction of sp³-hybridized carbons (Fsp3) is 0.737. The van der Waals surface area contributed by atoms with Crippen molar-refractivity contribution in [3.63, 3.8) is 0 Å². The first kappa shape index (κ1) is 72.8. The van der Waals surface area contributed by atoms with Crippen LogP contribution in [0.2, 0.25) is 0 Å². The van der Waals surface area contributed by atoms with Gasteiger partial charge in [0.15, 0.2) is 40.5 Å². The van der Waals surface area contributed by atoms with Crippen LogP contribution in [0.3, 0.4) is 0 Å². The average molecular weight is 1690 g/mol. The van der Waals surface area contributed by atoms with Gasteiger partial charge in [-0.1, -0.05) is 205 Å². The van der Waals surface area contributed by atoms with Crippen LogP contribution in [0.1, 0.15) is 346 Å². The molecular formula is C99H156ClN7O10. The molecule has 17 nitrogen and oxygen atoms in total. The van der Waals surface area contributed by atoms with E-state index in [0.717, 1.165) is 157 Å². The van der Waals surface area contributed by atoms with Crippen molar-refractivity contribution in [1.82, 2.24) is 10.1 Å². The van der Waals surface area contributed by atoms with Crippen molar-refractivity contribution in [3.8, 4) is 0 Å². The summed E-state index contributed by atoms with van der Waals surface area (Å²) in [5.74, 6) is 0.901. The third kappa shape index (κ3) is 11.7. The molecule has 16 rings (SSSR count). The Bertz CT molecular complexity index is 4980. The summed E-state index contributed by atoms with van der Waals surface area (Å²) >= 11 is 6.37. The number of halogens is 1. The van der Waals surface area contributed by atoms with E-state index >= 15 is 0 Å². The average Bonchev–Trinajstić information content (AvgIpc) is 0.790. The van der Waals surface area contributed by atoms with Crippen molar-refractivity contribution >= 4 is 63.3 Å². The van der Waals surface area contributed by atoms with Crippen molar-refractivity contribution in [1.29, 1.82) is 0 Å². The van der Waals surface area contributed by atoms with Crippen LogP contribution in [0.5, 0.6) is 0 Å². The molecular weight excluding hydrogens is 1480 g/mol. The van der Waals surface area contributed by atoms with Crippen LogP contribution in [-0.2, 0) is 55.0 Å². The summed E-state index contributed by atoms with van der Waals surface area (Å²) < 4.78 is 116. The van der Waals surface area contributed by atoms with Gasteiger partial charge in [0.2, 0.25) is 28.2 Å². The van der Waals surface area contributed by atoms with Gasteiger partial charge in [0.25, 0.3) is 0 Å². The monoisotopic (exact) mass is 1680 g/mol. The van der Waals surface area contributed by atoms with E-state index in [4.69, 9.17) is 84.1 Å². The van der Waals surface area contributed by atoms with Crippen LogP contribution in [0.15, 0.2) is 79.9 Å². The Morgan fingerprint density at radius 1 is 0.496 bits per heavy atom. The number of hydrogen-bond acceptors (Lipinski definition) is 13. The van der Waals surface area contributed by atoms with E-state index < -0.39 is 43.3 Å². The second-order valence-electron chi connectivity index (χ2n) is 46.1. The molecule has 1 aromatic rings. The number of carbonyl (C=O) groups is 8. The van der Waals surface area contributed by atoms with Crippen molar-refractivity contribution in [3.05, 3.63) is 116 Å². The topological polar surface area (TPSA) is 236 Å². The molecule has 1 heterocycles. The van der Waals surface area contributed by atoms with E-state index in [0.29, 0.717) is 19.3 Å². The Hall–Kier alpha value is -7.03. The quantitative estimate of drug-likeness (QED) is 0.0697. The summed E-state index contributed by atoms with van der Waals surface area (Å²) in [4.78, 5) is 131. The third-order valence-corrected chi connectivity index (χ3v) is 38.5. The lowest BCUT2D eigenvalue weighted by Crippen LogP contribution is -2.65. The molecule has 654 valence electrons. The molecule has 0 aromatic carbocycles. The number of aromatic nitrogens is 2. The second kappa shape index (κ2) is 27.2. The predicted octanol–water partition coefficient (Wildman–Crippen LogP) is 24.5. The minimum Gasteiger partial charge on any atom is -0.384 e. The number of hydrogen-bond donors (Lipinski definition) is 1. The molecule has 117 heavy (non-hydrogen) atoms. The van der Waals surface area contributed by atoms with E-state index in [1.807, 2.05) is 84.9 Å². The number of aryl methyl sites for hydroxylation is 1. The summed E-state index contributed by atoms with van der Waals surface area (Å²) in [6.07, 6.45) is 30.6. The highest BCUT2D eigenvalue weighted by Gasteiger charge is 2.76. The molecule has 0 aliphatic heterocycles. The number of carbonyl (C=O) groups excluding carboxylic acids is 8. The van der Waals surface area contributed by atoms with Crippen molar-refractivity contribution in [2.45, 2.75) is 312 Å². The zero-order chi connectivity index (χ0) is 108. The highest BCUT2D eigenvalue weighted by molar-refractivity contribution is 6.64. The maximum atomic E-state index is 14.6. The first-order valence-corrected chi connectivity index (χ1v) is 44.7. The molecule has 9 fully saturated rings. The highest BCUT2D eigenvalue weighted by Crippen LogP contribution is 2.80. The van der Waals surface area contributed by atoms with E-state index in [-0.39, 0.29) is 178 Å². The Morgan fingerprint density at radius 2 is 0.821 bits per heavy atom. The number of amidine groups is 1. The number of fused-ring (bicyclic) bond motifs is 21. The first-order valence-electron chi connectivity index (χ1n) is 55.3. The molecule has 0 spiro atoms. The SMILES string of the molecule is [3HH].[3H][3H].[3H][3H].[3H][3H].[3H][3H].[3H][3H].[3H][3H].[3H][3H].[3H][3H].[3H][3H].[3H][3H].[3H][3H].[C-]#[N+]C1=C[C@]2(C)C3=CC(=O)[C@@H]4[C@@H]5CC(C)(C)CC[C@]5(C(=O)Cl)CC[C@@]4(C)[C@]3(C)CC[C@H]2C(C)(C)C1=O.[C-]#[N+]C1=C[C@]2(C)C3=CC(=O)[C@@H]4[C@@H]5CC(C)(C)CC[C@]5(C(=O)ON=C(N)CC)CC[C@@]4(C)[C@]3(C)CC[C@H]2C(C)(C)C1=O.[C-]#[N+]C1=C[C@]2(C)C3=CC(=O)[C@@H]4[C@@H]5CC(C)(C)CC[C@]5(c5nc(CC)no5)CC[C@@]4(C)[C@]3(C)CC[C@H]2C(C)(C)C1=O. The number of nitrogens with two attached hydrogens (primary N) is 1. The molecule has 0 saturated heterocycles. The normalized spacial score (nSPS) is 44.9. The Balaban J connectivity index is 0.000000643. The number of oxime groups is 1. The van der Waals surface area contributed by atoms with Crippen LogP contribution in [-0.4, -0.2) is 61.9 Å². The molecule has 0 unspecified atom stereocenters. The summed E-state index contributed by atoms with van der Waals surface area (Å²) in [6.45, 7) is 73.1. The second-order valence-corrected chi connectivity index (χ2v) is 46.5. The lowest BCUT2D eigenvalue weighted by molar-refractivity contribution is -0.193. The lowest BCUT2D eigenvalue weighted by atomic mass is 9.34. The van der Waals surface area contributed by atoms with Crippen molar-refractivity contribution in [2.24, 2.45) is 156 Å². The van der Waals surface area contributed by atoms with E-state index in [1.165, 1.54) is 0 Å². The van der Waals surface area contributed by atoms with Gasteiger partial charge in [0, 0.05) is 103 Å². The molecule has 0 bridgehead atoms. The Morgan fingerprint density at radius 3 is 1.18 bits per heavy atom. The van der Waals surface area contributed by atoms with Gasteiger partial charge < -0.3 is 29.5 Å². The molecule has 1 aromatic heterocycles. The van der Waals surface area contributed by atoms with Gasteiger partial charge in [-0.2, -0.15) is 4.98 Å². The van der Waals surface area contributed by atoms with Gasteiger partial charge in [0.1, 0.15) is 5.84 Å². The number of Topliss-reactive ketones (excluding diaryl/α,β-unsaturated/α-hetero) is 3. The van der Waals surface area contributed by atoms with Crippen molar-refractivity contribution in [2.75, 3.05) is 0 Å². The molecule has 15 aliphatic rings. The lowest BCUT2D eigenvalue weighted by Gasteiger charge is -2.69. The molecule has 15 aliphatic carbocycles. The standard InChI is InChI=1S/C34H47N3O4.C34H45N3O3.C31H40ClNO3.12H2/c1-10-25(35)37-41-28(40)34-15-13-29(2,3)18-20(34)26-22(38)17-24-31(6)19-21(36-9)27(39)30(4,5)23(31)11-12-32(24,7)33(26,8)14-16-34;1-10-25-36-28(40-37-25)34-15-13-29(2,3)18-20(34)26-22(38)17-24-31(6)19-21(35-9)27(39)30(4,5)23(31)11-12-32(24,7)33(26,8)14-16-34;1-26(2)11-13-31(25(32)36)14-12-30(7)23(18(31)16-26)20(34)15-22-28(5)17-19(33-8)24(35)27(3,4)21(28)9-10-29(22,30)6;;;;;;;;;;;;/h17,19-20,23,26H,10-16,18H2,1-8H3,(H2,35,37);17,19-20,23,26H,10-16,18H2,1-8H3;15,17-18,21,23H,9-14,16H2,1-7H3;12*1H/t2*20-,23-,26-,31-,32+,33+,34-;18-,21-,23-,28-,29+,30+,31-;;;;;;;;;;;;/m000............/s1/i;;;11*1+2T;1+2. The van der Waals surface area contributed by atoms with Gasteiger partial charge in [-0.3, -0.25) is 19.2 Å². The van der Waals surface area contributed by atoms with Gasteiger partial charge in [-0.25, -0.2) is 19.3 Å². The number of ketones is 6. The summed E-state index contributed by atoms with van der Waals surface area (Å²) in [5.41, 5.74) is 3.02. The van der Waals surface area contributed by atoms with E-state index in [2.05, 4.69) is 136 Å². The Labute approximate surface area is 737 Å². The summed E-state index contributed by atoms with van der Waals surface area (Å²) in [5, 5.41) is 7.98. The van der Waals surface area contributed by atoms with Gasteiger partial charge >= 0.3 is 5.97 Å². The molecule has 2 N–H and O–H groups in total. The van der Waals surface area contributed by atoms with Crippen LogP contribution in [0.25, 0.3) is 14.5 Å². The van der Waals surface area contributed by atoms with Gasteiger partial charge in [-0.15, -0.1) is 0 Å². The van der Waals surface area contributed by atoms with E-state index in [1.54, 1.807) is 0 Å². The maximum absolute atomic E-state index is 14.6. The minimum absolute atomic E-state index is 0. The largest absolute Gasteiger partial charge is 0.384 e. The smallest absolute Gasteiger partial charge is 0.341 e. The number of nitrogens with zero attached hydrogens (tertiary/aromatic N) is 6. The van der Waals surface area contributed by atoms with Crippen molar-refractivity contribution < 1.29 is 81.8 Å². The molecule has 0 amide bonds. The van der Waals surface area contributed by atoms with Crippen LogP contribution < -0.4 is 5.73 Å².